The molecule has 0 bridgehead atoms. The predicted molar refractivity (Wildman–Crippen MR) is 84.4 cm³/mol. The van der Waals surface area contributed by atoms with Gasteiger partial charge in [0.05, 0.1) is 11.7 Å². The zero-order valence-electron chi connectivity index (χ0n) is 12.5. The maximum absolute atomic E-state index is 12.6. The minimum Gasteiger partial charge on any atom is -0.356 e. The van der Waals surface area contributed by atoms with Gasteiger partial charge in [-0.2, -0.15) is 18.3 Å². The summed E-state index contributed by atoms with van der Waals surface area (Å²) in [5.41, 5.74) is 0.0941. The van der Waals surface area contributed by atoms with Gasteiger partial charge >= 0.3 is 6.18 Å². The van der Waals surface area contributed by atoms with Gasteiger partial charge in [-0.1, -0.05) is 0 Å². The van der Waals surface area contributed by atoms with Crippen LogP contribution in [0.25, 0.3) is 0 Å². The summed E-state index contributed by atoms with van der Waals surface area (Å²) < 4.78 is 40.3. The number of rotatable bonds is 2. The molecular weight excluding hydrogens is 373 g/mol. The molecule has 4 nitrogen and oxygen atoms in total. The molecule has 0 unspecified atom stereocenters. The first-order valence-corrected chi connectivity index (χ1v) is 8.14. The molecule has 0 spiro atoms. The number of hydrogen-bond donors (Lipinski definition) is 0. The summed E-state index contributed by atoms with van der Waals surface area (Å²) in [5.74, 6) is 0.903. The van der Waals surface area contributed by atoms with E-state index in [0.29, 0.717) is 0 Å². The van der Waals surface area contributed by atoms with Crippen molar-refractivity contribution in [2.75, 3.05) is 18.0 Å². The van der Waals surface area contributed by atoms with E-state index in [1.807, 2.05) is 19.1 Å². The van der Waals surface area contributed by atoms with Gasteiger partial charge in [0.2, 0.25) is 0 Å². The Hall–Kier alpha value is -1.57. The Bertz CT molecular complexity index is 690. The van der Waals surface area contributed by atoms with E-state index in [1.54, 1.807) is 0 Å². The van der Waals surface area contributed by atoms with E-state index in [4.69, 9.17) is 0 Å². The summed E-state index contributed by atoms with van der Waals surface area (Å²) in [6.07, 6.45) is -1.47. The molecule has 1 fully saturated rings. The molecule has 0 aromatic carbocycles. The fourth-order valence-electron chi connectivity index (χ4n) is 2.76. The first kappa shape index (κ1) is 16.3. The monoisotopic (exact) mass is 388 g/mol. The summed E-state index contributed by atoms with van der Waals surface area (Å²) in [4.78, 5) is 6.70. The highest BCUT2D eigenvalue weighted by molar-refractivity contribution is 9.10. The van der Waals surface area contributed by atoms with Crippen LogP contribution in [0.5, 0.6) is 0 Å². The highest BCUT2D eigenvalue weighted by atomic mass is 79.9. The average molecular weight is 389 g/mol. The van der Waals surface area contributed by atoms with E-state index >= 15 is 0 Å². The third-order valence-electron chi connectivity index (χ3n) is 4.07. The van der Waals surface area contributed by atoms with Crippen molar-refractivity contribution in [3.8, 4) is 0 Å². The average Bonchev–Trinajstić information content (AvgIpc) is 3.00. The van der Waals surface area contributed by atoms with E-state index < -0.39 is 11.9 Å². The van der Waals surface area contributed by atoms with Gasteiger partial charge in [-0.05, 0) is 53.9 Å². The normalized spacial score (nSPS) is 16.8. The van der Waals surface area contributed by atoms with Crippen LogP contribution in [-0.4, -0.2) is 27.9 Å². The molecule has 3 heterocycles. The molecule has 0 saturated carbocycles. The van der Waals surface area contributed by atoms with Crippen LogP contribution in [0.4, 0.5) is 19.0 Å². The fourth-order valence-corrected chi connectivity index (χ4v) is 2.98. The van der Waals surface area contributed by atoms with Crippen LogP contribution in [0.3, 0.4) is 0 Å². The lowest BCUT2D eigenvalue weighted by Crippen LogP contribution is -2.35. The Kier molecular flexibility index (Phi) is 4.35. The van der Waals surface area contributed by atoms with Crippen LogP contribution >= 0.6 is 15.9 Å². The Balaban J connectivity index is 1.66. The van der Waals surface area contributed by atoms with Crippen molar-refractivity contribution in [2.45, 2.75) is 32.0 Å². The largest absolute Gasteiger partial charge is 0.435 e. The van der Waals surface area contributed by atoms with Gasteiger partial charge in [-0.25, -0.2) is 4.98 Å². The van der Waals surface area contributed by atoms with Crippen LogP contribution < -0.4 is 4.90 Å². The number of hydrogen-bond acceptors (Lipinski definition) is 3. The number of alkyl halides is 3. The van der Waals surface area contributed by atoms with Gasteiger partial charge in [0.25, 0.3) is 0 Å². The van der Waals surface area contributed by atoms with Gasteiger partial charge < -0.3 is 4.90 Å². The first-order chi connectivity index (χ1) is 10.8. The molecule has 0 amide bonds. The molecule has 1 aliphatic heterocycles. The predicted octanol–water partition coefficient (Wildman–Crippen LogP) is 4.21. The van der Waals surface area contributed by atoms with Gasteiger partial charge in [0.15, 0.2) is 5.69 Å². The van der Waals surface area contributed by atoms with Gasteiger partial charge in [0, 0.05) is 23.8 Å². The molecule has 2 aromatic heterocycles. The van der Waals surface area contributed by atoms with Crippen LogP contribution in [0, 0.1) is 6.92 Å². The van der Waals surface area contributed by atoms with Crippen LogP contribution in [-0.2, 0) is 6.18 Å². The highest BCUT2D eigenvalue weighted by Gasteiger charge is 2.34. The van der Waals surface area contributed by atoms with Gasteiger partial charge in [-0.3, -0.25) is 4.68 Å². The van der Waals surface area contributed by atoms with Gasteiger partial charge in [-0.15, -0.1) is 0 Å². The fraction of sp³-hybridized carbons (Fsp3) is 0.467. The summed E-state index contributed by atoms with van der Waals surface area (Å²) in [6.45, 7) is 3.43. The third kappa shape index (κ3) is 3.52. The number of aromatic nitrogens is 3. The lowest BCUT2D eigenvalue weighted by molar-refractivity contribution is -0.141. The summed E-state index contributed by atoms with van der Waals surface area (Å²) in [7, 11) is 0. The summed E-state index contributed by atoms with van der Waals surface area (Å²) in [5, 5.41) is 3.68. The molecule has 124 valence electrons. The van der Waals surface area contributed by atoms with Crippen molar-refractivity contribution >= 4 is 21.7 Å². The van der Waals surface area contributed by atoms with Crippen LogP contribution in [0.2, 0.25) is 0 Å². The van der Waals surface area contributed by atoms with Gasteiger partial charge in [0.1, 0.15) is 5.82 Å². The van der Waals surface area contributed by atoms with E-state index in [9.17, 15) is 13.2 Å². The van der Waals surface area contributed by atoms with E-state index in [0.717, 1.165) is 48.0 Å². The van der Waals surface area contributed by atoms with Crippen LogP contribution in [0.1, 0.15) is 30.3 Å². The molecule has 1 saturated heterocycles. The molecule has 23 heavy (non-hydrogen) atoms. The number of aryl methyl sites for hydroxylation is 1. The number of nitrogens with zero attached hydrogens (tertiary/aromatic N) is 4. The minimum absolute atomic E-state index is 0.00102. The Labute approximate surface area is 140 Å². The molecule has 2 aromatic rings. The SMILES string of the molecule is Cc1nc(N2CCC(n3ccc(C(F)(F)F)n3)CC2)ccc1Br. The van der Waals surface area contributed by atoms with Crippen molar-refractivity contribution in [2.24, 2.45) is 0 Å². The van der Waals surface area contributed by atoms with Crippen molar-refractivity contribution in [3.63, 3.8) is 0 Å². The van der Waals surface area contributed by atoms with Crippen molar-refractivity contribution in [3.05, 3.63) is 40.3 Å². The maximum Gasteiger partial charge on any atom is 0.435 e. The summed E-state index contributed by atoms with van der Waals surface area (Å²) in [6, 6.07) is 4.95. The number of anilines is 1. The molecule has 0 radical (unpaired) electrons. The lowest BCUT2D eigenvalue weighted by atomic mass is 10.1. The van der Waals surface area contributed by atoms with Crippen molar-refractivity contribution in [1.82, 2.24) is 14.8 Å². The first-order valence-electron chi connectivity index (χ1n) is 7.35. The lowest BCUT2D eigenvalue weighted by Gasteiger charge is -2.33. The Morgan fingerprint density at radius 1 is 1.17 bits per heavy atom. The zero-order valence-corrected chi connectivity index (χ0v) is 14.1. The van der Waals surface area contributed by atoms with E-state index in [-0.39, 0.29) is 6.04 Å². The number of halogens is 4. The highest BCUT2D eigenvalue weighted by Crippen LogP contribution is 2.30. The quantitative estimate of drug-likeness (QED) is 0.772. The maximum atomic E-state index is 12.6. The number of piperidine rings is 1. The molecule has 0 N–H and O–H groups in total. The van der Waals surface area contributed by atoms with E-state index in [2.05, 4.69) is 30.9 Å². The zero-order chi connectivity index (χ0) is 16.6. The second-order valence-corrected chi connectivity index (χ2v) is 6.49. The number of pyridine rings is 1. The molecule has 0 aliphatic carbocycles. The topological polar surface area (TPSA) is 34.0 Å². The molecule has 8 heteroatoms. The second-order valence-electron chi connectivity index (χ2n) is 5.63. The summed E-state index contributed by atoms with van der Waals surface area (Å²) >= 11 is 3.43. The van der Waals surface area contributed by atoms with E-state index in [1.165, 1.54) is 10.9 Å². The van der Waals surface area contributed by atoms with Crippen molar-refractivity contribution < 1.29 is 13.2 Å². The third-order valence-corrected chi connectivity index (χ3v) is 4.91. The molecule has 1 aliphatic rings. The smallest absolute Gasteiger partial charge is 0.356 e. The molecule has 0 atom stereocenters. The molecular formula is C15H16BrF3N4. The molecule has 3 rings (SSSR count). The Morgan fingerprint density at radius 2 is 1.87 bits per heavy atom. The second kappa shape index (κ2) is 6.14. The standard InChI is InChI=1S/C15H16BrF3N4/c1-10-12(16)2-3-14(20-10)22-7-4-11(5-8-22)23-9-6-13(21-23)15(17,18)19/h2-3,6,9,11H,4-5,7-8H2,1H3. The Morgan fingerprint density at radius 3 is 2.43 bits per heavy atom. The van der Waals surface area contributed by atoms with Crippen LogP contribution in [0.15, 0.2) is 28.9 Å². The minimum atomic E-state index is -4.38. The van der Waals surface area contributed by atoms with Crippen molar-refractivity contribution in [1.29, 1.82) is 0 Å².